The van der Waals surface area contributed by atoms with Crippen LogP contribution in [0, 0.1) is 5.92 Å². The van der Waals surface area contributed by atoms with Crippen molar-refractivity contribution in [3.8, 4) is 0 Å². The summed E-state index contributed by atoms with van der Waals surface area (Å²) in [5, 5.41) is 0. The van der Waals surface area contributed by atoms with Gasteiger partial charge >= 0.3 is 5.97 Å². The molecule has 1 heterocycles. The summed E-state index contributed by atoms with van der Waals surface area (Å²) in [5.74, 6) is -4.53. The number of carbonyl (C=O) groups excluding carboxylic acids is 1. The van der Waals surface area contributed by atoms with Crippen LogP contribution in [0.15, 0.2) is 60.7 Å². The minimum atomic E-state index is -3.46. The number of nitrogens with two attached hydrogens (primary N) is 1. The summed E-state index contributed by atoms with van der Waals surface area (Å²) < 4.78 is 54.7. The topological polar surface area (TPSA) is 80.0 Å². The molecule has 0 saturated carbocycles. The van der Waals surface area contributed by atoms with E-state index in [4.69, 9.17) is 24.7 Å². The van der Waals surface area contributed by atoms with Gasteiger partial charge in [0.25, 0.3) is 5.92 Å². The Labute approximate surface area is 212 Å². The molecule has 36 heavy (non-hydrogen) atoms. The van der Waals surface area contributed by atoms with Gasteiger partial charge in [-0.25, -0.2) is 8.78 Å². The molecule has 0 spiro atoms. The maximum Gasteiger partial charge on any atom is 0.323 e. The van der Waals surface area contributed by atoms with E-state index in [1.165, 1.54) is 0 Å². The molecule has 0 unspecified atom stereocenters. The van der Waals surface area contributed by atoms with Crippen molar-refractivity contribution in [2.45, 2.75) is 83.2 Å². The molecule has 2 aromatic rings. The molecule has 2 aromatic carbocycles. The molecule has 0 amide bonds. The van der Waals surface area contributed by atoms with E-state index >= 15 is 8.78 Å². The van der Waals surface area contributed by atoms with Crippen LogP contribution in [0.4, 0.5) is 8.78 Å². The Hall–Kier alpha value is -2.39. The van der Waals surface area contributed by atoms with Crippen molar-refractivity contribution in [1.82, 2.24) is 0 Å². The van der Waals surface area contributed by atoms with E-state index in [9.17, 15) is 4.79 Å². The van der Waals surface area contributed by atoms with Crippen molar-refractivity contribution >= 4 is 5.97 Å². The van der Waals surface area contributed by atoms with Gasteiger partial charge in [0.15, 0.2) is 0 Å². The number of benzene rings is 2. The summed E-state index contributed by atoms with van der Waals surface area (Å²) in [6.45, 7) is 5.84. The Balaban J connectivity index is 1.88. The molecule has 8 heteroatoms. The van der Waals surface area contributed by atoms with E-state index in [1.54, 1.807) is 6.92 Å². The summed E-state index contributed by atoms with van der Waals surface area (Å²) >= 11 is 0. The maximum absolute atomic E-state index is 15.8. The first-order chi connectivity index (χ1) is 17.3. The van der Waals surface area contributed by atoms with Crippen molar-refractivity contribution in [2.24, 2.45) is 11.7 Å². The number of ether oxygens (including phenoxy) is 4. The lowest BCUT2D eigenvalue weighted by atomic mass is 9.83. The fraction of sp³-hybridized carbons (Fsp3) is 0.536. The molecule has 1 fully saturated rings. The molecule has 0 bridgehead atoms. The Morgan fingerprint density at radius 1 is 0.972 bits per heavy atom. The van der Waals surface area contributed by atoms with Crippen molar-refractivity contribution in [1.29, 1.82) is 0 Å². The zero-order valence-corrected chi connectivity index (χ0v) is 21.1. The summed E-state index contributed by atoms with van der Waals surface area (Å²) in [5.41, 5.74) is 7.56. The zero-order chi connectivity index (χ0) is 26.1. The first-order valence-electron chi connectivity index (χ1n) is 12.5. The SMILES string of the molecule is CCOC(=O)[C@H](N)CC(F)(F)[C@@H]1O[C@H](CC)[C@H](C)[C@H](OCc2ccccc2)[C@H]1OCc1ccccc1. The molecular formula is C28H37F2NO5. The summed E-state index contributed by atoms with van der Waals surface area (Å²) in [4.78, 5) is 12.0. The number of carbonyl (C=O) groups is 1. The molecule has 198 valence electrons. The maximum atomic E-state index is 15.8. The number of hydrogen-bond acceptors (Lipinski definition) is 6. The first-order valence-corrected chi connectivity index (χ1v) is 12.5. The van der Waals surface area contributed by atoms with E-state index < -0.39 is 48.8 Å². The second kappa shape index (κ2) is 13.2. The van der Waals surface area contributed by atoms with Gasteiger partial charge < -0.3 is 24.7 Å². The van der Waals surface area contributed by atoms with Crippen molar-refractivity contribution in [3.63, 3.8) is 0 Å². The number of alkyl halides is 2. The Morgan fingerprint density at radius 3 is 2.00 bits per heavy atom. The first kappa shape index (κ1) is 28.2. The Bertz CT molecular complexity index is 930. The predicted molar refractivity (Wildman–Crippen MR) is 132 cm³/mol. The number of esters is 1. The van der Waals surface area contributed by atoms with Gasteiger partial charge in [0.1, 0.15) is 18.2 Å². The van der Waals surface area contributed by atoms with E-state index in [1.807, 2.05) is 74.5 Å². The van der Waals surface area contributed by atoms with E-state index in [0.717, 1.165) is 11.1 Å². The van der Waals surface area contributed by atoms with Crippen LogP contribution >= 0.6 is 0 Å². The third kappa shape index (κ3) is 7.32. The van der Waals surface area contributed by atoms with Gasteiger partial charge in [0, 0.05) is 12.3 Å². The zero-order valence-electron chi connectivity index (χ0n) is 21.1. The molecule has 0 aliphatic carbocycles. The van der Waals surface area contributed by atoms with Gasteiger partial charge in [-0.2, -0.15) is 0 Å². The van der Waals surface area contributed by atoms with Crippen LogP contribution in [0.3, 0.4) is 0 Å². The second-order valence-corrected chi connectivity index (χ2v) is 9.21. The molecule has 0 aromatic heterocycles. The lowest BCUT2D eigenvalue weighted by molar-refractivity contribution is -0.285. The van der Waals surface area contributed by atoms with Crippen LogP contribution in [0.1, 0.15) is 44.7 Å². The fourth-order valence-electron chi connectivity index (χ4n) is 4.58. The highest BCUT2D eigenvalue weighted by molar-refractivity contribution is 5.75. The monoisotopic (exact) mass is 505 g/mol. The Morgan fingerprint density at radius 2 is 1.50 bits per heavy atom. The van der Waals surface area contributed by atoms with Gasteiger partial charge in [-0.3, -0.25) is 4.79 Å². The van der Waals surface area contributed by atoms with Gasteiger partial charge in [-0.1, -0.05) is 74.5 Å². The Kier molecular flexibility index (Phi) is 10.4. The summed E-state index contributed by atoms with van der Waals surface area (Å²) in [6, 6.07) is 17.4. The highest BCUT2D eigenvalue weighted by Crippen LogP contribution is 2.40. The van der Waals surface area contributed by atoms with Gasteiger partial charge in [-0.05, 0) is 24.5 Å². The quantitative estimate of drug-likeness (QED) is 0.414. The molecule has 6 nitrogen and oxygen atoms in total. The van der Waals surface area contributed by atoms with Crippen LogP contribution in [-0.4, -0.2) is 49.0 Å². The molecule has 1 aliphatic rings. The van der Waals surface area contributed by atoms with Crippen LogP contribution in [-0.2, 0) is 37.0 Å². The van der Waals surface area contributed by atoms with E-state index in [0.29, 0.717) is 6.42 Å². The summed E-state index contributed by atoms with van der Waals surface area (Å²) in [7, 11) is 0. The fourth-order valence-corrected chi connectivity index (χ4v) is 4.58. The van der Waals surface area contributed by atoms with Crippen molar-refractivity contribution in [3.05, 3.63) is 71.8 Å². The number of halogens is 2. The predicted octanol–water partition coefficient (Wildman–Crippen LogP) is 4.89. The van der Waals surface area contributed by atoms with Crippen LogP contribution in [0.2, 0.25) is 0 Å². The molecule has 0 radical (unpaired) electrons. The van der Waals surface area contributed by atoms with Gasteiger partial charge in [0.2, 0.25) is 0 Å². The number of hydrogen-bond donors (Lipinski definition) is 1. The van der Waals surface area contributed by atoms with Crippen LogP contribution in [0.25, 0.3) is 0 Å². The molecule has 6 atom stereocenters. The largest absolute Gasteiger partial charge is 0.465 e. The van der Waals surface area contributed by atoms with E-state index in [2.05, 4.69) is 0 Å². The van der Waals surface area contributed by atoms with Gasteiger partial charge in [0.05, 0.1) is 32.0 Å². The highest BCUT2D eigenvalue weighted by atomic mass is 19.3. The average Bonchev–Trinajstić information content (AvgIpc) is 2.87. The third-order valence-corrected chi connectivity index (χ3v) is 6.52. The smallest absolute Gasteiger partial charge is 0.323 e. The highest BCUT2D eigenvalue weighted by Gasteiger charge is 2.56. The summed E-state index contributed by atoms with van der Waals surface area (Å²) in [6.07, 6.45) is -4.27. The lowest BCUT2D eigenvalue weighted by Crippen LogP contribution is -2.62. The normalized spacial score (nSPS) is 25.3. The van der Waals surface area contributed by atoms with Crippen molar-refractivity contribution < 1.29 is 32.5 Å². The molecule has 1 aliphatic heterocycles. The average molecular weight is 506 g/mol. The van der Waals surface area contributed by atoms with E-state index in [-0.39, 0.29) is 25.7 Å². The van der Waals surface area contributed by atoms with Crippen LogP contribution < -0.4 is 5.73 Å². The second-order valence-electron chi connectivity index (χ2n) is 9.21. The molecule has 3 rings (SSSR count). The minimum Gasteiger partial charge on any atom is -0.465 e. The number of rotatable bonds is 12. The minimum absolute atomic E-state index is 0.0612. The third-order valence-electron chi connectivity index (χ3n) is 6.52. The standard InChI is InChI=1S/C28H37F2NO5/c1-4-23-19(3)24(34-17-20-12-8-6-9-13-20)25(35-18-21-14-10-7-11-15-21)26(36-23)28(29,30)16-22(31)27(32)33-5-2/h6-15,19,22-26H,4-5,16-18,31H2,1-3H3/t19-,22+,23+,24-,25+,26+/m0/s1. The van der Waals surface area contributed by atoms with Crippen LogP contribution in [0.5, 0.6) is 0 Å². The van der Waals surface area contributed by atoms with Gasteiger partial charge in [-0.15, -0.1) is 0 Å². The molecule has 1 saturated heterocycles. The molecule has 2 N–H and O–H groups in total. The van der Waals surface area contributed by atoms with Crippen molar-refractivity contribution in [2.75, 3.05) is 6.61 Å². The molecular weight excluding hydrogens is 468 g/mol. The lowest BCUT2D eigenvalue weighted by Gasteiger charge is -2.47.